The Morgan fingerprint density at radius 2 is 1.88 bits per heavy atom. The number of nitrogens with zero attached hydrogens (tertiary/aromatic N) is 1. The summed E-state index contributed by atoms with van der Waals surface area (Å²) in [7, 11) is 0. The molecule has 0 bridgehead atoms. The van der Waals surface area contributed by atoms with Gasteiger partial charge in [0.25, 0.3) is 0 Å². The van der Waals surface area contributed by atoms with Crippen LogP contribution in [0.25, 0.3) is 10.9 Å². The van der Waals surface area contributed by atoms with Gasteiger partial charge in [-0.3, -0.25) is 4.98 Å². The number of rotatable bonds is 1. The third-order valence-electron chi connectivity index (χ3n) is 3.03. The van der Waals surface area contributed by atoms with Crippen molar-refractivity contribution in [2.24, 2.45) is 0 Å². The molecule has 0 atom stereocenters. The Morgan fingerprint density at radius 1 is 1.19 bits per heavy atom. The van der Waals surface area contributed by atoms with Gasteiger partial charge in [0.1, 0.15) is 0 Å². The zero-order chi connectivity index (χ0) is 11.9. The van der Waals surface area contributed by atoms with E-state index in [9.17, 15) is 0 Å². The number of fused-ring (bicyclic) bond motifs is 1. The van der Waals surface area contributed by atoms with Crippen LogP contribution in [-0.4, -0.2) is 4.98 Å². The Hall–Kier alpha value is -1.08. The maximum Gasteiger partial charge on any atom is 0.0749 e. The second-order valence-corrected chi connectivity index (χ2v) is 4.71. The summed E-state index contributed by atoms with van der Waals surface area (Å²) in [6.45, 7) is 8.34. The summed E-state index contributed by atoms with van der Waals surface area (Å²) < 4.78 is 0. The largest absolute Gasteiger partial charge is 0.252 e. The molecule has 2 rings (SSSR count). The molecule has 0 aliphatic rings. The molecule has 0 fully saturated rings. The summed E-state index contributed by atoms with van der Waals surface area (Å²) in [6.07, 6.45) is 0.925. The third-order valence-corrected chi connectivity index (χ3v) is 3.51. The predicted octanol–water partition coefficient (Wildman–Crippen LogP) is 4.38. The average molecular weight is 234 g/mol. The highest BCUT2D eigenvalue weighted by atomic mass is 35.5. The molecule has 0 N–H and O–H groups in total. The zero-order valence-corrected chi connectivity index (χ0v) is 10.9. The lowest BCUT2D eigenvalue weighted by Crippen LogP contribution is -1.96. The van der Waals surface area contributed by atoms with E-state index in [0.717, 1.165) is 33.6 Å². The molecule has 84 valence electrons. The molecular weight excluding hydrogens is 218 g/mol. The van der Waals surface area contributed by atoms with Crippen molar-refractivity contribution in [3.63, 3.8) is 0 Å². The second-order valence-electron chi connectivity index (χ2n) is 4.33. The van der Waals surface area contributed by atoms with Crippen molar-refractivity contribution >= 4 is 22.5 Å². The van der Waals surface area contributed by atoms with Crippen molar-refractivity contribution in [3.8, 4) is 0 Å². The highest BCUT2D eigenvalue weighted by Gasteiger charge is 2.10. The molecule has 1 heterocycles. The third kappa shape index (κ3) is 1.69. The van der Waals surface area contributed by atoms with E-state index in [1.54, 1.807) is 0 Å². The molecule has 0 spiro atoms. The zero-order valence-electron chi connectivity index (χ0n) is 10.2. The minimum atomic E-state index is 0.855. The Labute approximate surface area is 101 Å². The first-order chi connectivity index (χ1) is 7.54. The second kappa shape index (κ2) is 4.06. The minimum absolute atomic E-state index is 0.855. The molecular formula is C14H16ClN. The predicted molar refractivity (Wildman–Crippen MR) is 70.3 cm³/mol. The fourth-order valence-corrected chi connectivity index (χ4v) is 2.42. The van der Waals surface area contributed by atoms with Crippen molar-refractivity contribution < 1.29 is 0 Å². The average Bonchev–Trinajstić information content (AvgIpc) is 2.24. The Morgan fingerprint density at radius 3 is 2.50 bits per heavy atom. The van der Waals surface area contributed by atoms with Gasteiger partial charge in [0.2, 0.25) is 0 Å². The number of pyridine rings is 1. The highest BCUT2D eigenvalue weighted by molar-refractivity contribution is 6.36. The fraction of sp³-hybridized carbons (Fsp3) is 0.357. The van der Waals surface area contributed by atoms with Crippen LogP contribution in [-0.2, 0) is 6.42 Å². The van der Waals surface area contributed by atoms with Crippen molar-refractivity contribution in [2.75, 3.05) is 0 Å². The Kier molecular flexibility index (Phi) is 2.90. The number of aromatic nitrogens is 1. The standard InChI is InChI=1S/C14H16ClN/c1-5-12-10(4)13(15)11-7-8(2)6-9(3)14(11)16-12/h6-7H,5H2,1-4H3. The van der Waals surface area contributed by atoms with Gasteiger partial charge in [-0.2, -0.15) is 0 Å². The number of hydrogen-bond donors (Lipinski definition) is 0. The van der Waals surface area contributed by atoms with Crippen LogP contribution in [0.4, 0.5) is 0 Å². The lowest BCUT2D eigenvalue weighted by Gasteiger charge is -2.11. The Balaban J connectivity index is 2.92. The molecule has 0 aliphatic heterocycles. The summed E-state index contributed by atoms with van der Waals surface area (Å²) in [6, 6.07) is 4.27. The fourth-order valence-electron chi connectivity index (χ4n) is 2.17. The van der Waals surface area contributed by atoms with Crippen LogP contribution in [0, 0.1) is 20.8 Å². The lowest BCUT2D eigenvalue weighted by molar-refractivity contribution is 1.03. The SMILES string of the molecule is CCc1nc2c(C)cc(C)cc2c(Cl)c1C. The highest BCUT2D eigenvalue weighted by Crippen LogP contribution is 2.30. The van der Waals surface area contributed by atoms with E-state index in [1.165, 1.54) is 11.1 Å². The monoisotopic (exact) mass is 233 g/mol. The van der Waals surface area contributed by atoms with Crippen LogP contribution >= 0.6 is 11.6 Å². The van der Waals surface area contributed by atoms with Crippen LogP contribution in [0.2, 0.25) is 5.02 Å². The first-order valence-electron chi connectivity index (χ1n) is 5.60. The smallest absolute Gasteiger partial charge is 0.0749 e. The molecule has 1 aromatic heterocycles. The van der Waals surface area contributed by atoms with E-state index in [1.807, 2.05) is 6.92 Å². The van der Waals surface area contributed by atoms with Gasteiger partial charge in [-0.05, 0) is 44.4 Å². The number of benzene rings is 1. The van der Waals surface area contributed by atoms with E-state index in [-0.39, 0.29) is 0 Å². The van der Waals surface area contributed by atoms with E-state index in [2.05, 4.69) is 32.9 Å². The summed E-state index contributed by atoms with van der Waals surface area (Å²) >= 11 is 6.41. The molecule has 0 saturated carbocycles. The summed E-state index contributed by atoms with van der Waals surface area (Å²) in [5, 5.41) is 1.93. The van der Waals surface area contributed by atoms with Crippen molar-refractivity contribution in [3.05, 3.63) is 39.5 Å². The van der Waals surface area contributed by atoms with Gasteiger partial charge in [0.15, 0.2) is 0 Å². The van der Waals surface area contributed by atoms with Crippen LogP contribution < -0.4 is 0 Å². The number of aryl methyl sites for hydroxylation is 3. The van der Waals surface area contributed by atoms with Crippen LogP contribution in [0.15, 0.2) is 12.1 Å². The van der Waals surface area contributed by atoms with Gasteiger partial charge in [-0.1, -0.05) is 30.2 Å². The molecule has 2 aromatic rings. The van der Waals surface area contributed by atoms with Gasteiger partial charge in [-0.15, -0.1) is 0 Å². The molecule has 0 aliphatic carbocycles. The molecule has 16 heavy (non-hydrogen) atoms. The van der Waals surface area contributed by atoms with Gasteiger partial charge >= 0.3 is 0 Å². The van der Waals surface area contributed by atoms with Crippen molar-refractivity contribution in [2.45, 2.75) is 34.1 Å². The molecule has 2 heteroatoms. The lowest BCUT2D eigenvalue weighted by atomic mass is 10.0. The molecule has 0 radical (unpaired) electrons. The molecule has 1 nitrogen and oxygen atoms in total. The van der Waals surface area contributed by atoms with Gasteiger partial charge in [0.05, 0.1) is 10.5 Å². The van der Waals surface area contributed by atoms with Crippen molar-refractivity contribution in [1.29, 1.82) is 0 Å². The van der Waals surface area contributed by atoms with Gasteiger partial charge in [-0.25, -0.2) is 0 Å². The minimum Gasteiger partial charge on any atom is -0.252 e. The van der Waals surface area contributed by atoms with Gasteiger partial charge in [0, 0.05) is 11.1 Å². The first-order valence-corrected chi connectivity index (χ1v) is 5.98. The maximum atomic E-state index is 6.41. The first kappa shape index (κ1) is 11.4. The van der Waals surface area contributed by atoms with E-state index in [0.29, 0.717) is 0 Å². The molecule has 0 unspecified atom stereocenters. The van der Waals surface area contributed by atoms with E-state index < -0.39 is 0 Å². The summed E-state index contributed by atoms with van der Waals surface area (Å²) in [4.78, 5) is 4.71. The summed E-state index contributed by atoms with van der Waals surface area (Å²) in [5.74, 6) is 0. The number of hydrogen-bond acceptors (Lipinski definition) is 1. The molecule has 0 saturated heterocycles. The van der Waals surface area contributed by atoms with Crippen LogP contribution in [0.3, 0.4) is 0 Å². The van der Waals surface area contributed by atoms with E-state index in [4.69, 9.17) is 16.6 Å². The normalized spacial score (nSPS) is 11.1. The molecule has 1 aromatic carbocycles. The van der Waals surface area contributed by atoms with Crippen molar-refractivity contribution in [1.82, 2.24) is 4.98 Å². The molecule has 0 amide bonds. The van der Waals surface area contributed by atoms with E-state index >= 15 is 0 Å². The van der Waals surface area contributed by atoms with Gasteiger partial charge < -0.3 is 0 Å². The topological polar surface area (TPSA) is 12.9 Å². The quantitative estimate of drug-likeness (QED) is 0.713. The number of halogens is 1. The van der Waals surface area contributed by atoms with Crippen LogP contribution in [0.5, 0.6) is 0 Å². The Bertz CT molecular complexity index is 558. The summed E-state index contributed by atoms with van der Waals surface area (Å²) in [5.41, 5.74) is 5.69. The van der Waals surface area contributed by atoms with Crippen LogP contribution in [0.1, 0.15) is 29.3 Å². The maximum absolute atomic E-state index is 6.41.